The monoisotopic (exact) mass is 614 g/mol. The van der Waals surface area contributed by atoms with Gasteiger partial charge in [0, 0.05) is 31.7 Å². The van der Waals surface area contributed by atoms with Gasteiger partial charge in [0.1, 0.15) is 29.7 Å². The maximum absolute atomic E-state index is 13.9. The molecule has 0 saturated carbocycles. The van der Waals surface area contributed by atoms with Crippen LogP contribution in [0.4, 0.5) is 29.0 Å². The highest BCUT2D eigenvalue weighted by Crippen LogP contribution is 2.18. The van der Waals surface area contributed by atoms with Gasteiger partial charge in [0.15, 0.2) is 0 Å². The van der Waals surface area contributed by atoms with Crippen LogP contribution in [0.15, 0.2) is 48.7 Å². The van der Waals surface area contributed by atoms with Gasteiger partial charge in [-0.1, -0.05) is 12.1 Å². The van der Waals surface area contributed by atoms with Gasteiger partial charge >= 0.3 is 18.2 Å². The summed E-state index contributed by atoms with van der Waals surface area (Å²) in [5.74, 6) is -1.32. The molecule has 0 saturated heterocycles. The van der Waals surface area contributed by atoms with Crippen molar-refractivity contribution >= 4 is 40.7 Å². The van der Waals surface area contributed by atoms with E-state index in [1.807, 2.05) is 0 Å². The molecule has 0 bridgehead atoms. The molecule has 3 aromatic rings. The fraction of sp³-hybridized carbons (Fsp3) is 0.367. The van der Waals surface area contributed by atoms with Crippen LogP contribution in [0, 0.1) is 18.6 Å². The van der Waals surface area contributed by atoms with Crippen LogP contribution >= 0.6 is 0 Å². The lowest BCUT2D eigenvalue weighted by atomic mass is 10.1. The number of carbonyl (C=O) groups excluding carboxylic acids is 4. The number of alkyl carbamates (subject to hydrolysis) is 1. The Balaban J connectivity index is 1.62. The molecular formula is C30H36F2N6O6. The molecule has 0 aliphatic rings. The number of hydrogen-bond donors (Lipinski definition) is 4. The lowest BCUT2D eigenvalue weighted by molar-refractivity contribution is -0.120. The molecule has 3 rings (SSSR count). The number of pyridine rings is 1. The van der Waals surface area contributed by atoms with Gasteiger partial charge in [0.05, 0.1) is 12.6 Å². The first kappa shape index (κ1) is 33.5. The number of nitrogens with zero attached hydrogens (tertiary/aromatic N) is 2. The molecule has 5 amide bonds. The van der Waals surface area contributed by atoms with E-state index < -0.39 is 53.9 Å². The largest absolute Gasteiger partial charge is 0.447 e. The number of nitrogens with one attached hydrogen (secondary N) is 4. The van der Waals surface area contributed by atoms with Crippen molar-refractivity contribution in [1.82, 2.24) is 25.8 Å². The highest BCUT2D eigenvalue weighted by Gasteiger charge is 2.24. The minimum atomic E-state index is -0.902. The zero-order valence-corrected chi connectivity index (χ0v) is 25.1. The minimum absolute atomic E-state index is 0.0290. The molecule has 0 fully saturated rings. The van der Waals surface area contributed by atoms with Crippen molar-refractivity contribution in [1.29, 1.82) is 0 Å². The van der Waals surface area contributed by atoms with E-state index in [1.54, 1.807) is 39.8 Å². The van der Waals surface area contributed by atoms with Gasteiger partial charge in [-0.15, -0.1) is 0 Å². The first-order valence-electron chi connectivity index (χ1n) is 13.7. The Bertz CT molecular complexity index is 1510. The summed E-state index contributed by atoms with van der Waals surface area (Å²) in [5.41, 5.74) is 0.215. The zero-order chi connectivity index (χ0) is 32.4. The normalized spacial score (nSPS) is 11.7. The molecule has 12 nitrogen and oxygen atoms in total. The molecule has 1 atom stereocenters. The summed E-state index contributed by atoms with van der Waals surface area (Å²) >= 11 is 0. The number of ether oxygens (including phenoxy) is 2. The summed E-state index contributed by atoms with van der Waals surface area (Å²) in [6, 6.07) is 8.70. The molecule has 0 spiro atoms. The smallest absolute Gasteiger partial charge is 0.412 e. The second kappa shape index (κ2) is 14.9. The molecular weight excluding hydrogens is 578 g/mol. The zero-order valence-electron chi connectivity index (χ0n) is 25.1. The molecule has 4 N–H and O–H groups in total. The predicted octanol–water partition coefficient (Wildman–Crippen LogP) is 4.22. The quantitative estimate of drug-likeness (QED) is 0.267. The number of benzene rings is 2. The Kier molecular flexibility index (Phi) is 11.4. The van der Waals surface area contributed by atoms with E-state index in [2.05, 4.69) is 26.3 Å². The predicted molar refractivity (Wildman–Crippen MR) is 159 cm³/mol. The Morgan fingerprint density at radius 2 is 1.73 bits per heavy atom. The van der Waals surface area contributed by atoms with Crippen molar-refractivity contribution < 1.29 is 37.4 Å². The van der Waals surface area contributed by atoms with E-state index in [-0.39, 0.29) is 25.5 Å². The summed E-state index contributed by atoms with van der Waals surface area (Å²) in [6.07, 6.45) is -0.217. The third-order valence-electron chi connectivity index (χ3n) is 6.33. The molecule has 0 aliphatic heterocycles. The van der Waals surface area contributed by atoms with Crippen LogP contribution in [-0.2, 0) is 20.8 Å². The topological polar surface area (TPSA) is 151 Å². The van der Waals surface area contributed by atoms with Crippen LogP contribution in [0.2, 0.25) is 0 Å². The molecule has 44 heavy (non-hydrogen) atoms. The maximum Gasteiger partial charge on any atom is 0.412 e. The average Bonchev–Trinajstić information content (AvgIpc) is 2.95. The first-order chi connectivity index (χ1) is 20.7. The van der Waals surface area contributed by atoms with Crippen LogP contribution in [-0.4, -0.2) is 72.4 Å². The van der Waals surface area contributed by atoms with E-state index in [0.29, 0.717) is 21.9 Å². The molecule has 14 heteroatoms. The number of fused-ring (bicyclic) bond motifs is 1. The van der Waals surface area contributed by atoms with Crippen molar-refractivity contribution in [3.63, 3.8) is 0 Å². The Morgan fingerprint density at radius 1 is 0.977 bits per heavy atom. The second-order valence-corrected chi connectivity index (χ2v) is 10.9. The van der Waals surface area contributed by atoms with Crippen LogP contribution in [0.25, 0.3) is 10.8 Å². The van der Waals surface area contributed by atoms with Gasteiger partial charge in [0.25, 0.3) is 0 Å². The Morgan fingerprint density at radius 3 is 2.45 bits per heavy atom. The lowest BCUT2D eigenvalue weighted by Gasteiger charge is -2.28. The number of carbonyl (C=O) groups is 4. The highest BCUT2D eigenvalue weighted by molar-refractivity contribution is 5.89. The molecule has 2 aromatic carbocycles. The number of urea groups is 1. The average molecular weight is 615 g/mol. The Labute approximate surface area is 253 Å². The number of anilines is 1. The van der Waals surface area contributed by atoms with Crippen LogP contribution in [0.3, 0.4) is 0 Å². The van der Waals surface area contributed by atoms with Crippen LogP contribution in [0.5, 0.6) is 0 Å². The van der Waals surface area contributed by atoms with E-state index in [9.17, 15) is 28.0 Å². The maximum atomic E-state index is 13.9. The summed E-state index contributed by atoms with van der Waals surface area (Å²) in [5, 5.41) is 11.2. The van der Waals surface area contributed by atoms with Crippen molar-refractivity contribution in [3.8, 4) is 0 Å². The fourth-order valence-corrected chi connectivity index (χ4v) is 3.87. The molecule has 0 aliphatic carbocycles. The second-order valence-electron chi connectivity index (χ2n) is 10.9. The molecule has 1 aromatic heterocycles. The van der Waals surface area contributed by atoms with E-state index in [4.69, 9.17) is 9.47 Å². The van der Waals surface area contributed by atoms with Gasteiger partial charge in [-0.05, 0) is 74.5 Å². The number of halogens is 2. The highest BCUT2D eigenvalue weighted by atomic mass is 19.1. The SMILES string of the molecule is Cc1c(F)cccc1CNC(=O)N(C)[C@@H](CNC(=O)CNC(=O)OC(C)(C)C)COC(=O)Nc1cc2cc(F)ccc2cn1. The van der Waals surface area contributed by atoms with E-state index >= 15 is 0 Å². The van der Waals surface area contributed by atoms with Gasteiger partial charge in [-0.2, -0.15) is 0 Å². The van der Waals surface area contributed by atoms with Crippen LogP contribution < -0.4 is 21.3 Å². The molecule has 0 radical (unpaired) electrons. The number of hydrogen-bond acceptors (Lipinski definition) is 7. The van der Waals surface area contributed by atoms with Gasteiger partial charge in [-0.25, -0.2) is 28.1 Å². The summed E-state index contributed by atoms with van der Waals surface area (Å²) in [7, 11) is 1.43. The first-order valence-corrected chi connectivity index (χ1v) is 13.7. The van der Waals surface area contributed by atoms with Crippen LogP contribution in [0.1, 0.15) is 31.9 Å². The van der Waals surface area contributed by atoms with Gasteiger partial charge < -0.3 is 30.3 Å². The number of aromatic nitrogens is 1. The third kappa shape index (κ3) is 10.4. The van der Waals surface area contributed by atoms with Crippen molar-refractivity contribution in [2.45, 2.75) is 45.9 Å². The molecule has 1 heterocycles. The number of amides is 5. The standard InChI is InChI=1S/C30H36F2N6O6/c1-18-19(7-6-8-24(18)32)13-35-27(40)38(5)23(15-34-26(39)16-36-28(41)44-30(2,3)4)17-43-29(42)37-25-12-21-11-22(31)10-9-20(21)14-33-25/h6-12,14,23H,13,15-17H2,1-5H3,(H,34,39)(H,35,40)(H,36,41)(H,33,37,42)/t23-/m0/s1. The molecule has 0 unspecified atom stereocenters. The van der Waals surface area contributed by atoms with Crippen molar-refractivity contribution in [3.05, 3.63) is 71.4 Å². The fourth-order valence-electron chi connectivity index (χ4n) is 3.87. The van der Waals surface area contributed by atoms with Crippen molar-refractivity contribution in [2.24, 2.45) is 0 Å². The van der Waals surface area contributed by atoms with Gasteiger partial charge in [-0.3, -0.25) is 10.1 Å². The van der Waals surface area contributed by atoms with E-state index in [1.165, 1.54) is 48.5 Å². The minimum Gasteiger partial charge on any atom is -0.447 e. The Hall–Kier alpha value is -5.01. The lowest BCUT2D eigenvalue weighted by Crippen LogP contribution is -2.52. The number of rotatable bonds is 10. The van der Waals surface area contributed by atoms with Crippen molar-refractivity contribution in [2.75, 3.05) is 32.1 Å². The summed E-state index contributed by atoms with van der Waals surface area (Å²) in [4.78, 5) is 55.2. The molecule has 236 valence electrons. The van der Waals surface area contributed by atoms with E-state index in [0.717, 1.165) is 0 Å². The summed E-state index contributed by atoms with van der Waals surface area (Å²) in [6.45, 7) is 5.76. The summed E-state index contributed by atoms with van der Waals surface area (Å²) < 4.78 is 37.9. The van der Waals surface area contributed by atoms with Gasteiger partial charge in [0.2, 0.25) is 5.91 Å². The third-order valence-corrected chi connectivity index (χ3v) is 6.33. The number of likely N-dealkylation sites (N-methyl/N-ethyl adjacent to an activating group) is 1.